The Morgan fingerprint density at radius 1 is 0.610 bits per heavy atom. The van der Waals surface area contributed by atoms with E-state index in [1.54, 1.807) is 91.0 Å². The highest BCUT2D eigenvalue weighted by molar-refractivity contribution is 6.31. The molecule has 4 N–H and O–H groups in total. The molecule has 0 radical (unpaired) electrons. The average molecular weight is 605 g/mol. The summed E-state index contributed by atoms with van der Waals surface area (Å²) < 4.78 is 0. The Balaban J connectivity index is 1.64. The molecule has 0 spiro atoms. The topological polar surface area (TPSA) is 124 Å². The highest BCUT2D eigenvalue weighted by Gasteiger charge is 2.17. The molecule has 41 heavy (non-hydrogen) atoms. The zero-order valence-electron chi connectivity index (χ0n) is 21.0. The zero-order chi connectivity index (χ0) is 28.8. The van der Waals surface area contributed by atoms with Crippen LogP contribution >= 0.6 is 34.8 Å². The van der Waals surface area contributed by atoms with Gasteiger partial charge in [0.15, 0.2) is 17.3 Å². The lowest BCUT2D eigenvalue weighted by molar-refractivity contribution is 0.0697. The lowest BCUT2D eigenvalue weighted by Crippen LogP contribution is -2.05. The number of benzene rings is 4. The summed E-state index contributed by atoms with van der Waals surface area (Å²) in [5.74, 6) is -0.318. The maximum Gasteiger partial charge on any atom is 0.337 e. The van der Waals surface area contributed by atoms with E-state index in [4.69, 9.17) is 34.8 Å². The standard InChI is InChI=1S/C29H20Cl3N7O2/c30-17-5-11-20(12-6-17)33-26-25(39-38-24-4-2-1-3-23(24)28(40)41)27(34-21-13-7-18(31)8-14-21)37-29(36-26)35-22-15-9-19(32)10-16-22/h1-16H,(H,40,41)(H3,33,34,35,36,37). The number of aromatic nitrogens is 2. The molecule has 0 unspecified atom stereocenters. The van der Waals surface area contributed by atoms with E-state index in [2.05, 4.69) is 36.1 Å². The van der Waals surface area contributed by atoms with Crippen molar-refractivity contribution in [3.05, 3.63) is 118 Å². The predicted molar refractivity (Wildman–Crippen MR) is 164 cm³/mol. The zero-order valence-corrected chi connectivity index (χ0v) is 23.3. The van der Waals surface area contributed by atoms with Gasteiger partial charge in [-0.25, -0.2) is 4.79 Å². The van der Waals surface area contributed by atoms with Crippen LogP contribution in [0.25, 0.3) is 0 Å². The molecule has 0 amide bonds. The SMILES string of the molecule is O=C(O)c1ccccc1N=Nc1c(Nc2ccc(Cl)cc2)nc(Nc2ccc(Cl)cc2)nc1Nc1ccc(Cl)cc1. The average Bonchev–Trinajstić information content (AvgIpc) is 2.96. The van der Waals surface area contributed by atoms with Crippen LogP contribution in [-0.4, -0.2) is 21.0 Å². The van der Waals surface area contributed by atoms with Gasteiger partial charge in [-0.1, -0.05) is 46.9 Å². The minimum atomic E-state index is -1.13. The molecule has 0 fully saturated rings. The van der Waals surface area contributed by atoms with Crippen LogP contribution in [0, 0.1) is 0 Å². The molecular formula is C29H20Cl3N7O2. The summed E-state index contributed by atoms with van der Waals surface area (Å²) in [6, 6.07) is 27.4. The second kappa shape index (κ2) is 12.6. The number of carboxylic acid groups (broad SMARTS) is 1. The number of carboxylic acids is 1. The van der Waals surface area contributed by atoms with Crippen LogP contribution in [0.4, 0.5) is 46.0 Å². The molecule has 0 aliphatic heterocycles. The van der Waals surface area contributed by atoms with Crippen LogP contribution in [0.15, 0.2) is 107 Å². The molecule has 4 aromatic carbocycles. The Bertz CT molecular complexity index is 1640. The molecule has 0 saturated heterocycles. The molecular weight excluding hydrogens is 585 g/mol. The van der Waals surface area contributed by atoms with Gasteiger partial charge in [0.25, 0.3) is 0 Å². The molecule has 0 aliphatic carbocycles. The van der Waals surface area contributed by atoms with Gasteiger partial charge in [0, 0.05) is 32.1 Å². The first-order valence-electron chi connectivity index (χ1n) is 12.1. The second-order valence-electron chi connectivity index (χ2n) is 8.51. The highest BCUT2D eigenvalue weighted by Crippen LogP contribution is 2.38. The number of nitrogens with one attached hydrogen (secondary N) is 3. The van der Waals surface area contributed by atoms with Crippen molar-refractivity contribution in [2.75, 3.05) is 16.0 Å². The quantitative estimate of drug-likeness (QED) is 0.123. The predicted octanol–water partition coefficient (Wildman–Crippen LogP) is 9.78. The van der Waals surface area contributed by atoms with Gasteiger partial charge in [-0.05, 0) is 84.9 Å². The summed E-state index contributed by atoms with van der Waals surface area (Å²) >= 11 is 18.2. The van der Waals surface area contributed by atoms with Crippen LogP contribution in [0.5, 0.6) is 0 Å². The largest absolute Gasteiger partial charge is 0.478 e. The monoisotopic (exact) mass is 603 g/mol. The molecule has 0 atom stereocenters. The maximum atomic E-state index is 11.8. The molecule has 5 aromatic rings. The summed E-state index contributed by atoms with van der Waals surface area (Å²) in [6.07, 6.45) is 0. The third-order valence-corrected chi connectivity index (χ3v) is 6.35. The van der Waals surface area contributed by atoms with E-state index >= 15 is 0 Å². The number of rotatable bonds is 9. The third-order valence-electron chi connectivity index (χ3n) is 5.59. The highest BCUT2D eigenvalue weighted by atomic mass is 35.5. The molecule has 1 heterocycles. The minimum absolute atomic E-state index is 0.00221. The normalized spacial score (nSPS) is 10.9. The first-order valence-corrected chi connectivity index (χ1v) is 13.2. The van der Waals surface area contributed by atoms with E-state index in [9.17, 15) is 9.90 Å². The van der Waals surface area contributed by atoms with Crippen molar-refractivity contribution in [2.45, 2.75) is 0 Å². The Morgan fingerprint density at radius 2 is 1.05 bits per heavy atom. The number of nitrogens with zero attached hydrogens (tertiary/aromatic N) is 4. The van der Waals surface area contributed by atoms with E-state index < -0.39 is 5.97 Å². The molecule has 0 aliphatic rings. The lowest BCUT2D eigenvalue weighted by atomic mass is 10.2. The molecule has 9 nitrogen and oxygen atoms in total. The fourth-order valence-corrected chi connectivity index (χ4v) is 4.01. The molecule has 0 saturated carbocycles. The van der Waals surface area contributed by atoms with E-state index in [0.717, 1.165) is 0 Å². The van der Waals surface area contributed by atoms with Crippen LogP contribution < -0.4 is 16.0 Å². The van der Waals surface area contributed by atoms with Crippen molar-refractivity contribution in [1.82, 2.24) is 9.97 Å². The van der Waals surface area contributed by atoms with E-state index in [1.807, 2.05) is 0 Å². The Labute approximate surface area is 249 Å². The van der Waals surface area contributed by atoms with Gasteiger partial charge in [-0.2, -0.15) is 9.97 Å². The van der Waals surface area contributed by atoms with Gasteiger partial charge in [0.1, 0.15) is 5.69 Å². The van der Waals surface area contributed by atoms with Crippen molar-refractivity contribution >= 4 is 86.8 Å². The Kier molecular flexibility index (Phi) is 8.59. The first kappa shape index (κ1) is 27.9. The molecule has 0 bridgehead atoms. The van der Waals surface area contributed by atoms with Crippen LogP contribution in [-0.2, 0) is 0 Å². The summed E-state index contributed by atoms with van der Waals surface area (Å²) in [4.78, 5) is 21.1. The van der Waals surface area contributed by atoms with Crippen LogP contribution in [0.3, 0.4) is 0 Å². The van der Waals surface area contributed by atoms with Gasteiger partial charge in [-0.3, -0.25) is 0 Å². The minimum Gasteiger partial charge on any atom is -0.478 e. The number of azo groups is 1. The first-order chi connectivity index (χ1) is 19.8. The third kappa shape index (κ3) is 7.29. The fourth-order valence-electron chi connectivity index (χ4n) is 3.63. The van der Waals surface area contributed by atoms with Gasteiger partial charge in [0.2, 0.25) is 5.95 Å². The summed E-state index contributed by atoms with van der Waals surface area (Å²) in [7, 11) is 0. The molecule has 12 heteroatoms. The Hall–Kier alpha value is -4.70. The van der Waals surface area contributed by atoms with Crippen LogP contribution in [0.1, 0.15) is 10.4 Å². The summed E-state index contributed by atoms with van der Waals surface area (Å²) in [5, 5.41) is 29.7. The van der Waals surface area contributed by atoms with Gasteiger partial charge in [-0.15, -0.1) is 10.2 Å². The summed E-state index contributed by atoms with van der Waals surface area (Å²) in [6.45, 7) is 0. The number of hydrogen-bond acceptors (Lipinski definition) is 8. The molecule has 1 aromatic heterocycles. The lowest BCUT2D eigenvalue weighted by Gasteiger charge is -2.16. The number of anilines is 6. The van der Waals surface area contributed by atoms with Crippen LogP contribution in [0.2, 0.25) is 15.1 Å². The van der Waals surface area contributed by atoms with E-state index in [-0.39, 0.29) is 34.5 Å². The second-order valence-corrected chi connectivity index (χ2v) is 9.82. The van der Waals surface area contributed by atoms with Gasteiger partial charge in [0.05, 0.1) is 5.56 Å². The van der Waals surface area contributed by atoms with Gasteiger partial charge < -0.3 is 21.1 Å². The fraction of sp³-hybridized carbons (Fsp3) is 0. The number of halogens is 3. The van der Waals surface area contributed by atoms with E-state index in [1.165, 1.54) is 6.07 Å². The number of carbonyl (C=O) groups is 1. The smallest absolute Gasteiger partial charge is 0.337 e. The Morgan fingerprint density at radius 3 is 1.51 bits per heavy atom. The number of aromatic carboxylic acids is 1. The van der Waals surface area contributed by atoms with Crippen molar-refractivity contribution in [3.63, 3.8) is 0 Å². The van der Waals surface area contributed by atoms with Crippen molar-refractivity contribution in [1.29, 1.82) is 0 Å². The maximum absolute atomic E-state index is 11.8. The number of hydrogen-bond donors (Lipinski definition) is 4. The van der Waals surface area contributed by atoms with Crippen molar-refractivity contribution in [3.8, 4) is 0 Å². The molecule has 5 rings (SSSR count). The van der Waals surface area contributed by atoms with Gasteiger partial charge >= 0.3 is 5.97 Å². The van der Waals surface area contributed by atoms with Crippen molar-refractivity contribution in [2.24, 2.45) is 10.2 Å². The summed E-state index contributed by atoms with van der Waals surface area (Å²) in [5.41, 5.74) is 2.43. The van der Waals surface area contributed by atoms with Crippen molar-refractivity contribution < 1.29 is 9.90 Å². The molecule has 204 valence electrons. The van der Waals surface area contributed by atoms with E-state index in [0.29, 0.717) is 32.1 Å².